The first-order valence-corrected chi connectivity index (χ1v) is 7.66. The smallest absolute Gasteiger partial charge is 0.193 e. The molecule has 0 saturated carbocycles. The average molecular weight is 301 g/mol. The molecule has 0 spiro atoms. The van der Waals surface area contributed by atoms with Gasteiger partial charge in [0.1, 0.15) is 5.75 Å². The van der Waals surface area contributed by atoms with E-state index in [1.807, 2.05) is 65.3 Å². The lowest BCUT2D eigenvalue weighted by atomic mass is 9.56. The zero-order chi connectivity index (χ0) is 16.5. The second-order valence-corrected chi connectivity index (χ2v) is 4.12. The molecule has 0 aliphatic carbocycles. The molecule has 4 heteroatoms. The maximum atomic E-state index is 12.3. The van der Waals surface area contributed by atoms with Gasteiger partial charge in [0.05, 0.1) is 10.7 Å². The summed E-state index contributed by atoms with van der Waals surface area (Å²) >= 11 is 0. The van der Waals surface area contributed by atoms with Crippen LogP contribution in [0, 0.1) is 0 Å². The highest BCUT2D eigenvalue weighted by Gasteiger charge is 2.23. The molecule has 0 saturated heterocycles. The van der Waals surface area contributed by atoms with Crippen molar-refractivity contribution in [3.05, 3.63) is 53.6 Å². The third-order valence-corrected chi connectivity index (χ3v) is 3.14. The molecule has 1 radical (unpaired) electrons. The van der Waals surface area contributed by atoms with Crippen LogP contribution in [0.4, 0.5) is 0 Å². The van der Waals surface area contributed by atoms with Gasteiger partial charge in [0.2, 0.25) is 0 Å². The van der Waals surface area contributed by atoms with E-state index >= 15 is 0 Å². The third-order valence-electron chi connectivity index (χ3n) is 2.90. The minimum Gasteiger partial charge on any atom is -0.480 e. The summed E-state index contributed by atoms with van der Waals surface area (Å²) in [5.41, 5.74) is 3.21. The first-order valence-electron chi connectivity index (χ1n) is 7.76. The van der Waals surface area contributed by atoms with Crippen LogP contribution in [0.15, 0.2) is 42.5 Å². The molecule has 0 N–H and O–H groups in total. The number of carbonyl (C=O) groups excluding carboxylic acids is 1. The van der Waals surface area contributed by atoms with Gasteiger partial charge in [0.25, 0.3) is 0 Å². The number of fused-ring (bicyclic) bond motifs is 2. The minimum atomic E-state index is -0.368. The summed E-state index contributed by atoms with van der Waals surface area (Å²) in [6, 6.07) is 12.9. The van der Waals surface area contributed by atoms with E-state index in [4.69, 9.17) is 5.80 Å². The highest BCUT2D eigenvalue weighted by atomic mass is 31.0. The van der Waals surface area contributed by atoms with Crippen molar-refractivity contribution < 1.29 is 9.32 Å². The molecule has 3 rings (SSSR count). The predicted molar refractivity (Wildman–Crippen MR) is 94.4 cm³/mol. The van der Waals surface area contributed by atoms with E-state index in [1.165, 1.54) is 0 Å². The zero-order valence-electron chi connectivity index (χ0n) is 13.9. The molecule has 0 amide bonds. The molecule has 0 fully saturated rings. The van der Waals surface area contributed by atoms with Crippen LogP contribution in [0.2, 0.25) is 0 Å². The molecule has 21 heavy (non-hydrogen) atoms. The Kier molecular flexibility index (Phi) is 6.49. The Morgan fingerprint density at radius 1 is 1.00 bits per heavy atom. The van der Waals surface area contributed by atoms with Crippen LogP contribution in [0.5, 0.6) is 5.75 Å². The summed E-state index contributed by atoms with van der Waals surface area (Å²) in [5.74, 6) is 0.588. The van der Waals surface area contributed by atoms with Crippen LogP contribution in [-0.4, -0.2) is 14.3 Å². The highest BCUT2D eigenvalue weighted by Crippen LogP contribution is 2.18. The van der Waals surface area contributed by atoms with Crippen molar-refractivity contribution in [1.82, 2.24) is 0 Å². The van der Waals surface area contributed by atoms with Gasteiger partial charge in [-0.15, -0.1) is 0 Å². The van der Waals surface area contributed by atoms with Crippen molar-refractivity contribution in [3.8, 4) is 5.75 Å². The molecule has 1 aliphatic rings. The Morgan fingerprint density at radius 3 is 2.38 bits per heavy atom. The fraction of sp³-hybridized carbons (Fsp3) is 0.235. The molecule has 2 aromatic carbocycles. The zero-order valence-corrected chi connectivity index (χ0v) is 13.9. The Hall–Kier alpha value is -1.60. The van der Waals surface area contributed by atoms with Gasteiger partial charge in [0.15, 0.2) is 13.1 Å². The molecule has 0 bridgehead atoms. The fourth-order valence-electron chi connectivity index (χ4n) is 2.06. The lowest BCUT2D eigenvalue weighted by Gasteiger charge is -2.18. The van der Waals surface area contributed by atoms with Gasteiger partial charge in [-0.05, 0) is 12.1 Å². The van der Waals surface area contributed by atoms with Crippen molar-refractivity contribution in [2.75, 3.05) is 0 Å². The average Bonchev–Trinajstić information content (AvgIpc) is 2.60. The van der Waals surface area contributed by atoms with Crippen LogP contribution in [0.25, 0.3) is 0 Å². The van der Waals surface area contributed by atoms with E-state index in [2.05, 4.69) is 0 Å². The summed E-state index contributed by atoms with van der Waals surface area (Å²) in [7, 11) is 1.63. The summed E-state index contributed by atoms with van der Waals surface area (Å²) in [6.07, 6.45) is 0. The van der Waals surface area contributed by atoms with E-state index in [-0.39, 0.29) is 15.2 Å². The van der Waals surface area contributed by atoms with Gasteiger partial charge in [0, 0.05) is 11.1 Å². The highest BCUT2D eigenvalue weighted by molar-refractivity contribution is 7.10. The van der Waals surface area contributed by atoms with Crippen molar-refractivity contribution >= 4 is 33.4 Å². The summed E-state index contributed by atoms with van der Waals surface area (Å²) in [4.78, 5) is 12.3. The number of ketones is 1. The van der Waals surface area contributed by atoms with Gasteiger partial charge in [-0.25, -0.2) is 0 Å². The van der Waals surface area contributed by atoms with Crippen LogP contribution in [0.3, 0.4) is 0 Å². The van der Waals surface area contributed by atoms with Crippen molar-refractivity contribution in [3.63, 3.8) is 0 Å². The topological polar surface area (TPSA) is 26.3 Å². The Morgan fingerprint density at radius 2 is 1.67 bits per heavy atom. The molecule has 0 aromatic heterocycles. The minimum absolute atomic E-state index is 0.0156. The van der Waals surface area contributed by atoms with Crippen molar-refractivity contribution in [1.29, 1.82) is 1.28 Å². The number of rotatable bonds is 2. The summed E-state index contributed by atoms with van der Waals surface area (Å²) in [6.45, 7) is 8.00. The van der Waals surface area contributed by atoms with Gasteiger partial charge >= 0.3 is 0 Å². The van der Waals surface area contributed by atoms with Gasteiger partial charge in [-0.2, -0.15) is 0 Å². The summed E-state index contributed by atoms with van der Waals surface area (Å²) < 4.78 is 12.2. The molecule has 2 aromatic rings. The molecule has 1 aliphatic heterocycles. The quantitative estimate of drug-likeness (QED) is 0.537. The predicted octanol–water partition coefficient (Wildman–Crippen LogP) is 3.11. The van der Waals surface area contributed by atoms with E-state index in [1.54, 1.807) is 12.1 Å². The second kappa shape index (κ2) is 8.64. The van der Waals surface area contributed by atoms with E-state index in [9.17, 15) is 4.79 Å². The van der Waals surface area contributed by atoms with Crippen molar-refractivity contribution in [2.24, 2.45) is 0 Å². The Balaban J connectivity index is 0.000000561. The normalized spacial score (nSPS) is 11.8. The SMILES string of the molecule is CC.CC.[3H]POc1ccc2c(c1)C(=O)c1ccccc1[B]2. The Labute approximate surface area is 131 Å². The van der Waals surface area contributed by atoms with Crippen LogP contribution in [-0.2, 0) is 0 Å². The number of benzene rings is 2. The molecular weight excluding hydrogens is 278 g/mol. The first kappa shape index (κ1) is 15.8. The molecule has 1 heterocycles. The van der Waals surface area contributed by atoms with Crippen LogP contribution >= 0.6 is 9.41 Å². The fourth-order valence-corrected chi connectivity index (χ4v) is 2.19. The monoisotopic (exact) mass is 301 g/mol. The van der Waals surface area contributed by atoms with Gasteiger partial charge in [-0.3, -0.25) is 4.79 Å². The summed E-state index contributed by atoms with van der Waals surface area (Å²) in [5, 5.41) is 0. The third kappa shape index (κ3) is 3.74. The first-order chi connectivity index (χ1) is 10.8. The largest absolute Gasteiger partial charge is 0.480 e. The van der Waals surface area contributed by atoms with Gasteiger partial charge in [-0.1, -0.05) is 69.0 Å². The van der Waals surface area contributed by atoms with E-state index in [0.29, 0.717) is 11.3 Å². The maximum Gasteiger partial charge on any atom is 0.193 e. The number of hydrogen-bond donors (Lipinski definition) is 0. The molecule has 1 atom stereocenters. The number of hydrogen-bond acceptors (Lipinski definition) is 2. The standard InChI is InChI=1S/C13H9BO2P.2C2H6/c15-13-9-3-1-2-4-11(9)14-12-6-5-8(16-17)7-10(12)13;2*1-2/h1-7H,17H2;2*1-2H3/i17T;;. The van der Waals surface area contributed by atoms with Crippen molar-refractivity contribution in [2.45, 2.75) is 27.7 Å². The van der Waals surface area contributed by atoms with E-state index in [0.717, 1.165) is 16.5 Å². The second-order valence-electron chi connectivity index (χ2n) is 3.91. The lowest BCUT2D eigenvalue weighted by Crippen LogP contribution is -2.40. The van der Waals surface area contributed by atoms with Crippen LogP contribution in [0.1, 0.15) is 43.6 Å². The molecule has 109 valence electrons. The van der Waals surface area contributed by atoms with Crippen LogP contribution < -0.4 is 15.4 Å². The Bertz CT molecular complexity index is 632. The van der Waals surface area contributed by atoms with Gasteiger partial charge < -0.3 is 4.52 Å². The molecule has 2 nitrogen and oxygen atoms in total. The molecular formula is C17H21BO2P. The maximum absolute atomic E-state index is 12.3. The van der Waals surface area contributed by atoms with E-state index < -0.39 is 0 Å². The molecule has 1 unspecified atom stereocenters. The lowest BCUT2D eigenvalue weighted by molar-refractivity contribution is 0.104. The number of carbonyl (C=O) groups is 1.